The Labute approximate surface area is 644 Å². The van der Waals surface area contributed by atoms with Gasteiger partial charge in [0.25, 0.3) is 5.91 Å². The zero-order valence-electron chi connectivity index (χ0n) is 62.7. The van der Waals surface area contributed by atoms with E-state index < -0.39 is 48.7 Å². The lowest BCUT2D eigenvalue weighted by atomic mass is 9.98. The van der Waals surface area contributed by atoms with Crippen molar-refractivity contribution in [2.24, 2.45) is 4.99 Å². The lowest BCUT2D eigenvalue weighted by Crippen LogP contribution is -2.36. The highest BCUT2D eigenvalue weighted by Crippen LogP contribution is 2.43. The molecular weight excluding hydrogens is 1460 g/mol. The first kappa shape index (κ1) is 81.9. The molecule has 0 radical (unpaired) electrons. The normalized spacial score (nSPS) is 12.8. The smallest absolute Gasteiger partial charge is 0.496 e. The van der Waals surface area contributed by atoms with Crippen LogP contribution in [0.1, 0.15) is 65.0 Å². The number of hydrogen-bond donors (Lipinski definition) is 1. The van der Waals surface area contributed by atoms with Crippen molar-refractivity contribution < 1.29 is 104 Å². The average Bonchev–Trinajstić information content (AvgIpc) is 0.828. The van der Waals surface area contributed by atoms with Crippen molar-refractivity contribution in [2.75, 3.05) is 115 Å². The number of aromatic nitrogens is 2. The number of esters is 5. The Morgan fingerprint density at radius 3 is 1.39 bits per heavy atom. The molecule has 2 aromatic heterocycles. The first-order valence-electron chi connectivity index (χ1n) is 35.3. The van der Waals surface area contributed by atoms with E-state index in [1.54, 1.807) is 84.9 Å². The number of aliphatic imine (C=N–C) groups is 1. The minimum atomic E-state index is -4.85. The van der Waals surface area contributed by atoms with Crippen LogP contribution in [0.15, 0.2) is 181 Å². The van der Waals surface area contributed by atoms with Gasteiger partial charge < -0.3 is 66.9 Å². The molecule has 1 saturated heterocycles. The van der Waals surface area contributed by atoms with Crippen molar-refractivity contribution in [1.29, 1.82) is 0 Å². The Bertz CT molecular complexity index is 4550. The fourth-order valence-electron chi connectivity index (χ4n) is 12.1. The highest BCUT2D eigenvalue weighted by Gasteiger charge is 2.30. The van der Waals surface area contributed by atoms with Crippen molar-refractivity contribution in [2.45, 2.75) is 45.6 Å². The number of pyridine rings is 2. The lowest BCUT2D eigenvalue weighted by Gasteiger charge is -2.26. The lowest BCUT2D eigenvalue weighted by molar-refractivity contribution is -0.280. The van der Waals surface area contributed by atoms with Crippen LogP contribution in [0.4, 0.5) is 18.9 Å². The quantitative estimate of drug-likeness (QED) is 0.0170. The van der Waals surface area contributed by atoms with Gasteiger partial charge in [0.15, 0.2) is 26.2 Å². The van der Waals surface area contributed by atoms with Crippen LogP contribution in [0.25, 0.3) is 33.4 Å². The van der Waals surface area contributed by atoms with Gasteiger partial charge in [-0.25, -0.2) is 38.9 Å². The largest absolute Gasteiger partial charge is 0.573 e. The monoisotopic (exact) mass is 1540 g/mol. The second-order valence-corrected chi connectivity index (χ2v) is 25.3. The molecule has 0 aliphatic carbocycles. The number of benzene rings is 7. The summed E-state index contributed by atoms with van der Waals surface area (Å²) in [5, 5.41) is 2.79. The van der Waals surface area contributed by atoms with E-state index in [0.717, 1.165) is 22.3 Å². The fourth-order valence-corrected chi connectivity index (χ4v) is 12.1. The van der Waals surface area contributed by atoms with Gasteiger partial charge in [0.2, 0.25) is 0 Å². The van der Waals surface area contributed by atoms with Crippen LogP contribution < -0.4 is 38.5 Å². The predicted molar refractivity (Wildman–Crippen MR) is 405 cm³/mol. The van der Waals surface area contributed by atoms with Crippen LogP contribution in [0.5, 0.6) is 40.2 Å². The van der Waals surface area contributed by atoms with E-state index in [-0.39, 0.29) is 85.9 Å². The number of ether oxygens (including phenoxy) is 13. The van der Waals surface area contributed by atoms with Gasteiger partial charge >= 0.3 is 36.2 Å². The first-order chi connectivity index (χ1) is 54.2. The van der Waals surface area contributed by atoms with Crippen molar-refractivity contribution in [3.8, 4) is 73.6 Å². The van der Waals surface area contributed by atoms with E-state index in [4.69, 9.17) is 66.8 Å². The van der Waals surface area contributed by atoms with Crippen LogP contribution in [-0.2, 0) is 82.1 Å². The summed E-state index contributed by atoms with van der Waals surface area (Å²) in [6.45, 7) is 2.72. The summed E-state index contributed by atoms with van der Waals surface area (Å²) >= 11 is 0. The fraction of sp³-hybridized carbons (Fsp3) is 0.289. The summed E-state index contributed by atoms with van der Waals surface area (Å²) < 4.78 is 109. The third kappa shape index (κ3) is 24.0. The topological polar surface area (TPSA) is 282 Å². The van der Waals surface area contributed by atoms with Gasteiger partial charge in [-0.1, -0.05) is 72.8 Å². The predicted octanol–water partition coefficient (Wildman–Crippen LogP) is 11.9. The van der Waals surface area contributed by atoms with Gasteiger partial charge in [-0.2, -0.15) is 0 Å². The van der Waals surface area contributed by atoms with Gasteiger partial charge in [0.05, 0.1) is 78.0 Å². The number of nitrogens with zero attached hydrogens (tertiary/aromatic N) is 6. The molecule has 10 rings (SSSR count). The van der Waals surface area contributed by atoms with Gasteiger partial charge in [-0.15, -0.1) is 13.2 Å². The van der Waals surface area contributed by atoms with Crippen LogP contribution in [0.3, 0.4) is 0 Å². The van der Waals surface area contributed by atoms with Gasteiger partial charge in [0.1, 0.15) is 64.8 Å². The molecule has 26 nitrogen and oxygen atoms in total. The number of nitrogens with one attached hydrogen (secondary N) is 1. The maximum absolute atomic E-state index is 13.7. The van der Waals surface area contributed by atoms with Crippen LogP contribution in [0.2, 0.25) is 0 Å². The Balaban J connectivity index is 0.920. The zero-order chi connectivity index (χ0) is 79.5. The average molecular weight is 1540 g/mol. The molecule has 1 amide bonds. The zero-order valence-corrected chi connectivity index (χ0v) is 62.7. The molecule has 1 aliphatic rings. The summed E-state index contributed by atoms with van der Waals surface area (Å²) in [6, 6.07) is 50.6. The summed E-state index contributed by atoms with van der Waals surface area (Å²) in [4.78, 5) is 99.5. The Hall–Kier alpha value is -12.6. The number of amides is 1. The second kappa shape index (κ2) is 40.2. The molecule has 9 aromatic rings. The third-order valence-corrected chi connectivity index (χ3v) is 17.7. The summed E-state index contributed by atoms with van der Waals surface area (Å²) in [6.07, 6.45) is -4.15. The van der Waals surface area contributed by atoms with Crippen molar-refractivity contribution in [3.63, 3.8) is 0 Å². The number of rotatable bonds is 34. The van der Waals surface area contributed by atoms with E-state index >= 15 is 0 Å². The molecule has 0 atom stereocenters. The Morgan fingerprint density at radius 2 is 0.911 bits per heavy atom. The number of carbonyl (C=O) groups is 6. The summed E-state index contributed by atoms with van der Waals surface area (Å²) in [5.74, 6) is -1.37. The molecule has 0 saturated carbocycles. The molecule has 586 valence electrons. The summed E-state index contributed by atoms with van der Waals surface area (Å²) in [5.41, 5.74) is 7.98. The van der Waals surface area contributed by atoms with Crippen LogP contribution >= 0.6 is 0 Å². The standard InChI is InChI=1S/C83H84F3N7O19/c1-100-72-41-65(108-51-77(95)110-48-55-14-10-8-11-15-55)22-24-68(72)58-34-57(35-61(36-58)80(97)104-5)45-91-28-30-92(46-63-37-59(39-70(89-63)81(98)105-6)69-25-23-66(42-73(69)101-2)109-52-78(96)111-49-56-16-12-9-13-17-56)32-33-93(31-29-91)47-64-38-60(40-71(90-64)82(99)106-7)79-74(102-3)43-67(44-75(79)103-4)107-50-76(94)87-27-26-54-18-20-62(21-19-54)88-53-112-83(84,85)86/h8-25,34-44,53H,26-33,45-52H2,1-7H3,(H,87,94)/b88-53-. The number of halogens is 3. The molecular formula is C83H84F3N7O19. The number of alkyl halides is 3. The summed E-state index contributed by atoms with van der Waals surface area (Å²) in [7, 11) is 9.73. The second-order valence-electron chi connectivity index (χ2n) is 25.3. The number of hydrogen-bond acceptors (Lipinski definition) is 25. The third-order valence-electron chi connectivity index (χ3n) is 17.7. The van der Waals surface area contributed by atoms with Crippen molar-refractivity contribution in [1.82, 2.24) is 30.0 Å². The molecule has 0 unspecified atom stereocenters. The van der Waals surface area contributed by atoms with Crippen LogP contribution in [-0.4, -0.2) is 189 Å². The molecule has 112 heavy (non-hydrogen) atoms. The van der Waals surface area contributed by atoms with Crippen molar-refractivity contribution in [3.05, 3.63) is 227 Å². The minimum Gasteiger partial charge on any atom is -0.496 e. The maximum atomic E-state index is 13.7. The molecule has 1 N–H and O–H groups in total. The molecule has 29 heteroatoms. The van der Waals surface area contributed by atoms with Gasteiger partial charge in [-0.3, -0.25) is 19.5 Å². The van der Waals surface area contributed by atoms with E-state index in [2.05, 4.69) is 29.7 Å². The number of carbonyl (C=O) groups excluding carboxylic acids is 6. The van der Waals surface area contributed by atoms with E-state index in [9.17, 15) is 41.9 Å². The first-order valence-corrected chi connectivity index (χ1v) is 35.3. The van der Waals surface area contributed by atoms with Crippen LogP contribution in [0, 0.1) is 0 Å². The molecule has 1 fully saturated rings. The molecule has 3 heterocycles. The minimum absolute atomic E-state index is 0.0201. The van der Waals surface area contributed by atoms with E-state index in [1.807, 2.05) is 78.9 Å². The molecule has 7 aromatic carbocycles. The highest BCUT2D eigenvalue weighted by atomic mass is 19.4. The van der Waals surface area contributed by atoms with Gasteiger partial charge in [-0.05, 0) is 124 Å². The van der Waals surface area contributed by atoms with Crippen molar-refractivity contribution >= 4 is 47.8 Å². The Morgan fingerprint density at radius 1 is 0.455 bits per heavy atom. The van der Waals surface area contributed by atoms with E-state index in [0.29, 0.717) is 126 Å². The number of methoxy groups -OCH3 is 7. The maximum Gasteiger partial charge on any atom is 0.573 e. The van der Waals surface area contributed by atoms with Gasteiger partial charge in [0, 0.05) is 101 Å². The molecule has 0 spiro atoms. The van der Waals surface area contributed by atoms with E-state index in [1.165, 1.54) is 61.9 Å². The molecule has 1 aliphatic heterocycles. The SMILES string of the molecule is COC(=O)c1cc(CN2CCN(Cc3cc(-c4ccc(OCC(=O)OCc5ccccc5)cc4OC)cc(C(=O)OC)n3)CCN(Cc3cc(-c4c(OC)cc(OCC(=O)NCCc5ccc(/N=C\OC(F)(F)F)cc5)cc4OC)cc(C(=O)OC)n3)CC2)cc(-c2ccc(OCC(=O)OCc3ccccc3)cc2OC)c1. The Kier molecular flexibility index (Phi) is 29.4. The molecule has 0 bridgehead atoms. The highest BCUT2D eigenvalue weighted by molar-refractivity contribution is 5.93.